The Morgan fingerprint density at radius 3 is 2.66 bits per heavy atom. The Bertz CT molecular complexity index is 1470. The number of hydrogen-bond donors (Lipinski definition) is 2. The molecule has 4 rings (SSSR count). The molecule has 2 aromatic carbocycles. The summed E-state index contributed by atoms with van der Waals surface area (Å²) in [6, 6.07) is 14.0. The average Bonchev–Trinajstić information content (AvgIpc) is 3.46. The summed E-state index contributed by atoms with van der Waals surface area (Å²) in [7, 11) is 0. The predicted octanol–water partition coefficient (Wildman–Crippen LogP) is 6.42. The molecule has 1 atom stereocenters. The molecule has 0 aliphatic rings. The molecule has 196 valence electrons. The second-order valence-electron chi connectivity index (χ2n) is 8.19. The van der Waals surface area contributed by atoms with E-state index in [-0.39, 0.29) is 22.6 Å². The van der Waals surface area contributed by atoms with E-state index in [2.05, 4.69) is 32.4 Å². The Hall–Kier alpha value is -3.18. The Balaban J connectivity index is 1.41. The van der Waals surface area contributed by atoms with Crippen LogP contribution in [0.4, 0.5) is 5.13 Å². The van der Waals surface area contributed by atoms with Crippen LogP contribution in [-0.2, 0) is 11.3 Å². The summed E-state index contributed by atoms with van der Waals surface area (Å²) in [4.78, 5) is 31.1. The van der Waals surface area contributed by atoms with Crippen molar-refractivity contribution < 1.29 is 9.59 Å². The molecule has 2 aromatic heterocycles. The van der Waals surface area contributed by atoms with Crippen LogP contribution < -0.4 is 10.6 Å². The highest BCUT2D eigenvalue weighted by molar-refractivity contribution is 7.99. The number of carbonyl (C=O) groups excluding carboxylic acids is 2. The lowest BCUT2D eigenvalue weighted by atomic mass is 10.1. The van der Waals surface area contributed by atoms with Crippen LogP contribution in [0, 0.1) is 6.92 Å². The minimum atomic E-state index is -0.487. The lowest BCUT2D eigenvalue weighted by molar-refractivity contribution is -0.113. The first-order valence-corrected chi connectivity index (χ1v) is 14.1. The zero-order valence-electron chi connectivity index (χ0n) is 20.6. The van der Waals surface area contributed by atoms with Crippen molar-refractivity contribution in [1.82, 2.24) is 25.1 Å². The Morgan fingerprint density at radius 1 is 1.18 bits per heavy atom. The number of allylic oxidation sites excluding steroid dienone is 1. The van der Waals surface area contributed by atoms with E-state index in [0.717, 1.165) is 16.1 Å². The van der Waals surface area contributed by atoms with Gasteiger partial charge in [0.15, 0.2) is 16.1 Å². The van der Waals surface area contributed by atoms with Crippen LogP contribution in [0.15, 0.2) is 66.3 Å². The Morgan fingerprint density at radius 2 is 1.95 bits per heavy atom. The summed E-state index contributed by atoms with van der Waals surface area (Å²) in [6.07, 6.45) is 1.70. The Labute approximate surface area is 238 Å². The monoisotopic (exact) mass is 586 g/mol. The molecule has 2 heterocycles. The predicted molar refractivity (Wildman–Crippen MR) is 154 cm³/mol. The number of hydrogen-bond acceptors (Lipinski definition) is 7. The fraction of sp³-hybridized carbons (Fsp3) is 0.192. The molecule has 0 saturated heterocycles. The molecule has 8 nitrogen and oxygen atoms in total. The molecule has 2 N–H and O–H groups in total. The molecule has 0 bridgehead atoms. The van der Waals surface area contributed by atoms with Crippen molar-refractivity contribution in [2.45, 2.75) is 31.6 Å². The minimum Gasteiger partial charge on any atom is -0.342 e. The average molecular weight is 588 g/mol. The molecule has 4 aromatic rings. The van der Waals surface area contributed by atoms with Crippen molar-refractivity contribution in [3.63, 3.8) is 0 Å². The van der Waals surface area contributed by atoms with Crippen molar-refractivity contribution in [3.05, 3.63) is 87.5 Å². The van der Waals surface area contributed by atoms with Crippen molar-refractivity contribution in [1.29, 1.82) is 0 Å². The number of rotatable bonds is 10. The third kappa shape index (κ3) is 6.63. The third-order valence-corrected chi connectivity index (χ3v) is 7.79. The highest BCUT2D eigenvalue weighted by Crippen LogP contribution is 2.30. The fourth-order valence-electron chi connectivity index (χ4n) is 3.64. The maximum atomic E-state index is 12.8. The summed E-state index contributed by atoms with van der Waals surface area (Å²) in [5.74, 6) is 0.0518. The van der Waals surface area contributed by atoms with Gasteiger partial charge in [0.25, 0.3) is 5.91 Å². The van der Waals surface area contributed by atoms with Gasteiger partial charge in [-0.25, -0.2) is 4.98 Å². The second kappa shape index (κ2) is 12.6. The van der Waals surface area contributed by atoms with Crippen LogP contribution in [0.3, 0.4) is 0 Å². The van der Waals surface area contributed by atoms with Crippen LogP contribution in [0.25, 0.3) is 11.3 Å². The van der Waals surface area contributed by atoms with Gasteiger partial charge in [0, 0.05) is 22.0 Å². The van der Waals surface area contributed by atoms with Crippen molar-refractivity contribution >= 4 is 63.2 Å². The number of thioether (sulfide) groups is 1. The van der Waals surface area contributed by atoms with Crippen molar-refractivity contribution in [3.8, 4) is 11.3 Å². The molecule has 0 spiro atoms. The van der Waals surface area contributed by atoms with Crippen molar-refractivity contribution in [2.24, 2.45) is 0 Å². The van der Waals surface area contributed by atoms with Gasteiger partial charge >= 0.3 is 0 Å². The SMILES string of the molecule is C=CCn1c(SCC(=O)Nc2nc(-c3ccccc3)c(C)s2)nnc1[C@@H](C)NC(=O)c1ccc(Cl)cc1Cl. The smallest absolute Gasteiger partial charge is 0.253 e. The zero-order chi connectivity index (χ0) is 27.2. The van der Waals surface area contributed by atoms with E-state index in [1.54, 1.807) is 29.7 Å². The lowest BCUT2D eigenvalue weighted by Crippen LogP contribution is -2.29. The third-order valence-electron chi connectivity index (χ3n) is 5.39. The molecule has 0 aliphatic carbocycles. The highest BCUT2D eigenvalue weighted by Gasteiger charge is 2.22. The van der Waals surface area contributed by atoms with Gasteiger partial charge in [-0.05, 0) is 32.0 Å². The number of amides is 2. The largest absolute Gasteiger partial charge is 0.342 e. The fourth-order valence-corrected chi connectivity index (χ4v) is 5.74. The topological polar surface area (TPSA) is 102 Å². The molecule has 12 heteroatoms. The standard InChI is InChI=1S/C26H24Cl2N6O2S2/c1-4-12-34-23(15(2)29-24(36)19-11-10-18(27)13-20(19)28)32-33-26(34)37-14-21(35)30-25-31-22(16(3)38-25)17-8-6-5-7-9-17/h4-11,13,15H,1,12,14H2,2-3H3,(H,29,36)(H,30,31,35)/t15-/m1/s1. The number of halogens is 2. The maximum absolute atomic E-state index is 12.8. The maximum Gasteiger partial charge on any atom is 0.253 e. The van der Waals surface area contributed by atoms with Crippen LogP contribution in [-0.4, -0.2) is 37.3 Å². The summed E-state index contributed by atoms with van der Waals surface area (Å²) in [6.45, 7) is 7.98. The van der Waals surface area contributed by atoms with E-state index in [1.165, 1.54) is 29.2 Å². The molecular weight excluding hydrogens is 563 g/mol. The van der Waals surface area contributed by atoms with Crippen LogP contribution >= 0.6 is 46.3 Å². The van der Waals surface area contributed by atoms with E-state index in [9.17, 15) is 9.59 Å². The number of benzene rings is 2. The highest BCUT2D eigenvalue weighted by atomic mass is 35.5. The summed E-state index contributed by atoms with van der Waals surface area (Å²) in [5, 5.41) is 16.0. The summed E-state index contributed by atoms with van der Waals surface area (Å²) >= 11 is 14.8. The van der Waals surface area contributed by atoms with E-state index < -0.39 is 6.04 Å². The van der Waals surface area contributed by atoms with Gasteiger partial charge in [-0.15, -0.1) is 28.1 Å². The summed E-state index contributed by atoms with van der Waals surface area (Å²) < 4.78 is 1.81. The van der Waals surface area contributed by atoms with Gasteiger partial charge in [0.05, 0.1) is 28.1 Å². The Kier molecular flexibility index (Phi) is 9.22. The number of aromatic nitrogens is 4. The van der Waals surface area contributed by atoms with E-state index in [4.69, 9.17) is 23.2 Å². The van der Waals surface area contributed by atoms with Crippen LogP contribution in [0.1, 0.15) is 34.0 Å². The number of carbonyl (C=O) groups is 2. The van der Waals surface area contributed by atoms with Crippen LogP contribution in [0.2, 0.25) is 10.0 Å². The lowest BCUT2D eigenvalue weighted by Gasteiger charge is -2.15. The van der Waals surface area contributed by atoms with E-state index in [1.807, 2.05) is 37.3 Å². The number of nitrogens with zero attached hydrogens (tertiary/aromatic N) is 4. The van der Waals surface area contributed by atoms with Gasteiger partial charge in [-0.3, -0.25) is 9.59 Å². The molecule has 0 unspecified atom stereocenters. The van der Waals surface area contributed by atoms with Gasteiger partial charge in [-0.1, -0.05) is 71.4 Å². The van der Waals surface area contributed by atoms with Gasteiger partial charge in [-0.2, -0.15) is 0 Å². The summed E-state index contributed by atoms with van der Waals surface area (Å²) in [5.41, 5.74) is 2.15. The first-order chi connectivity index (χ1) is 18.3. The van der Waals surface area contributed by atoms with Gasteiger partial charge < -0.3 is 15.2 Å². The number of nitrogens with one attached hydrogen (secondary N) is 2. The van der Waals surface area contributed by atoms with E-state index in [0.29, 0.717) is 33.2 Å². The number of aryl methyl sites for hydroxylation is 1. The molecule has 0 radical (unpaired) electrons. The molecule has 0 aliphatic heterocycles. The number of anilines is 1. The molecule has 38 heavy (non-hydrogen) atoms. The molecule has 0 saturated carbocycles. The van der Waals surface area contributed by atoms with Crippen LogP contribution in [0.5, 0.6) is 0 Å². The zero-order valence-corrected chi connectivity index (χ0v) is 23.7. The first-order valence-electron chi connectivity index (χ1n) is 11.5. The normalized spacial score (nSPS) is 11.7. The minimum absolute atomic E-state index is 0.107. The first kappa shape index (κ1) is 27.8. The second-order valence-corrected chi connectivity index (χ2v) is 11.2. The quantitative estimate of drug-likeness (QED) is 0.164. The van der Waals surface area contributed by atoms with Gasteiger partial charge in [0.1, 0.15) is 0 Å². The molecule has 0 fully saturated rings. The van der Waals surface area contributed by atoms with E-state index >= 15 is 0 Å². The van der Waals surface area contributed by atoms with Crippen molar-refractivity contribution in [2.75, 3.05) is 11.1 Å². The molecular formula is C26H24Cl2N6O2S2. The van der Waals surface area contributed by atoms with Gasteiger partial charge in [0.2, 0.25) is 5.91 Å². The molecule has 2 amide bonds. The number of thiazole rings is 1.